The second kappa shape index (κ2) is 6.74. The van der Waals surface area contributed by atoms with Crippen LogP contribution in [0.1, 0.15) is 25.7 Å². The molecule has 0 aliphatic carbocycles. The third kappa shape index (κ3) is 3.72. The number of nitrogens with zero attached hydrogens (tertiary/aromatic N) is 1. The van der Waals surface area contributed by atoms with Crippen molar-refractivity contribution in [1.82, 2.24) is 5.32 Å². The Morgan fingerprint density at radius 3 is 2.80 bits per heavy atom. The maximum absolute atomic E-state index is 13.4. The number of piperidine rings is 1. The van der Waals surface area contributed by atoms with Crippen LogP contribution in [-0.4, -0.2) is 19.0 Å². The van der Waals surface area contributed by atoms with Gasteiger partial charge in [-0.2, -0.15) is 0 Å². The zero-order valence-corrected chi connectivity index (χ0v) is 11.0. The van der Waals surface area contributed by atoms with Crippen molar-refractivity contribution in [1.29, 1.82) is 0 Å². The third-order valence-corrected chi connectivity index (χ3v) is 3.40. The SMILES string of the molecule is O=C(CCC1CCC[N]C1)Nc1ccc(F)c(F)c1F. The van der Waals surface area contributed by atoms with Crippen molar-refractivity contribution in [2.75, 3.05) is 18.4 Å². The van der Waals surface area contributed by atoms with Gasteiger partial charge in [-0.3, -0.25) is 4.79 Å². The van der Waals surface area contributed by atoms with Gasteiger partial charge in [-0.05, 0) is 37.3 Å². The van der Waals surface area contributed by atoms with E-state index in [4.69, 9.17) is 0 Å². The number of hydrogen-bond acceptors (Lipinski definition) is 1. The molecule has 1 fully saturated rings. The first-order chi connectivity index (χ1) is 9.58. The van der Waals surface area contributed by atoms with E-state index in [0.29, 0.717) is 12.3 Å². The van der Waals surface area contributed by atoms with Crippen LogP contribution in [0.15, 0.2) is 12.1 Å². The highest BCUT2D eigenvalue weighted by atomic mass is 19.2. The van der Waals surface area contributed by atoms with Crippen LogP contribution in [0, 0.1) is 23.4 Å². The number of nitrogens with one attached hydrogen (secondary N) is 1. The molecule has 1 atom stereocenters. The van der Waals surface area contributed by atoms with Gasteiger partial charge < -0.3 is 5.32 Å². The lowest BCUT2D eigenvalue weighted by molar-refractivity contribution is -0.116. The van der Waals surface area contributed by atoms with E-state index in [-0.39, 0.29) is 12.1 Å². The molecule has 2 rings (SSSR count). The fraction of sp³-hybridized carbons (Fsp3) is 0.500. The van der Waals surface area contributed by atoms with Crippen LogP contribution in [0.3, 0.4) is 0 Å². The Hall–Kier alpha value is -1.56. The second-order valence-electron chi connectivity index (χ2n) is 4.95. The van der Waals surface area contributed by atoms with Gasteiger partial charge in [0.2, 0.25) is 5.91 Å². The normalized spacial score (nSPS) is 18.9. The summed E-state index contributed by atoms with van der Waals surface area (Å²) in [4.78, 5) is 11.7. The van der Waals surface area contributed by atoms with E-state index >= 15 is 0 Å². The Bertz CT molecular complexity index is 488. The lowest BCUT2D eigenvalue weighted by Gasteiger charge is -2.20. The van der Waals surface area contributed by atoms with E-state index in [9.17, 15) is 18.0 Å². The van der Waals surface area contributed by atoms with Crippen LogP contribution in [0.5, 0.6) is 0 Å². The van der Waals surface area contributed by atoms with Gasteiger partial charge in [0, 0.05) is 19.5 Å². The average Bonchev–Trinajstić information content (AvgIpc) is 2.47. The summed E-state index contributed by atoms with van der Waals surface area (Å²) >= 11 is 0. The van der Waals surface area contributed by atoms with E-state index in [1.807, 2.05) is 0 Å². The molecule has 109 valence electrons. The van der Waals surface area contributed by atoms with Crippen LogP contribution < -0.4 is 10.6 Å². The van der Waals surface area contributed by atoms with E-state index in [1.165, 1.54) is 0 Å². The highest BCUT2D eigenvalue weighted by molar-refractivity contribution is 5.90. The van der Waals surface area contributed by atoms with Crippen LogP contribution in [0.2, 0.25) is 0 Å². The number of anilines is 1. The Morgan fingerprint density at radius 1 is 1.30 bits per heavy atom. The molecule has 0 saturated carbocycles. The average molecular weight is 285 g/mol. The van der Waals surface area contributed by atoms with Crippen LogP contribution in [0.4, 0.5) is 18.9 Å². The summed E-state index contributed by atoms with van der Waals surface area (Å²) < 4.78 is 39.1. The number of halogens is 3. The topological polar surface area (TPSA) is 43.2 Å². The van der Waals surface area contributed by atoms with Crippen molar-refractivity contribution in [3.63, 3.8) is 0 Å². The van der Waals surface area contributed by atoms with E-state index in [2.05, 4.69) is 10.6 Å². The number of rotatable bonds is 4. The number of benzene rings is 1. The minimum absolute atomic E-state index is 0.221. The number of hydrogen-bond donors (Lipinski definition) is 1. The molecule has 6 heteroatoms. The minimum Gasteiger partial charge on any atom is -0.324 e. The van der Waals surface area contributed by atoms with E-state index in [1.54, 1.807) is 0 Å². The van der Waals surface area contributed by atoms with Gasteiger partial charge in [0.25, 0.3) is 0 Å². The first-order valence-corrected chi connectivity index (χ1v) is 6.64. The van der Waals surface area contributed by atoms with Crippen LogP contribution in [0.25, 0.3) is 0 Å². The lowest BCUT2D eigenvalue weighted by atomic mass is 9.94. The van der Waals surface area contributed by atoms with Crippen molar-refractivity contribution < 1.29 is 18.0 Å². The molecule has 1 saturated heterocycles. The van der Waals surface area contributed by atoms with Crippen LogP contribution in [-0.2, 0) is 4.79 Å². The number of carbonyl (C=O) groups is 1. The number of amides is 1. The van der Waals surface area contributed by atoms with Gasteiger partial charge in [-0.1, -0.05) is 0 Å². The maximum atomic E-state index is 13.4. The first kappa shape index (κ1) is 14.8. The van der Waals surface area contributed by atoms with Crippen molar-refractivity contribution >= 4 is 11.6 Å². The van der Waals surface area contributed by atoms with Crippen molar-refractivity contribution in [2.45, 2.75) is 25.7 Å². The summed E-state index contributed by atoms with van der Waals surface area (Å²) in [5, 5.41) is 6.54. The molecule has 1 aromatic carbocycles. The molecule has 1 N–H and O–H groups in total. The predicted octanol–water partition coefficient (Wildman–Crippen LogP) is 2.84. The standard InChI is InChI=1S/C14H16F3N2O/c15-10-4-5-11(14(17)13(10)16)19-12(20)6-3-9-2-1-7-18-8-9/h4-5,9H,1-3,6-8H2,(H,19,20). The first-order valence-electron chi connectivity index (χ1n) is 6.64. The fourth-order valence-electron chi connectivity index (χ4n) is 2.26. The van der Waals surface area contributed by atoms with Gasteiger partial charge in [-0.25, -0.2) is 18.5 Å². The molecule has 0 spiro atoms. The van der Waals surface area contributed by atoms with Gasteiger partial charge in [0.15, 0.2) is 17.5 Å². The fourth-order valence-corrected chi connectivity index (χ4v) is 2.26. The summed E-state index contributed by atoms with van der Waals surface area (Å²) in [6.07, 6.45) is 2.96. The monoisotopic (exact) mass is 285 g/mol. The molecule has 1 aliphatic rings. The molecule has 0 aromatic heterocycles. The predicted molar refractivity (Wildman–Crippen MR) is 68.8 cm³/mol. The Morgan fingerprint density at radius 2 is 2.10 bits per heavy atom. The molecule has 1 heterocycles. The summed E-state index contributed by atoms with van der Waals surface area (Å²) in [5.74, 6) is -4.24. The van der Waals surface area contributed by atoms with Crippen molar-refractivity contribution in [3.05, 3.63) is 29.6 Å². The Balaban J connectivity index is 1.86. The summed E-state index contributed by atoms with van der Waals surface area (Å²) in [7, 11) is 0. The van der Waals surface area contributed by atoms with E-state index < -0.39 is 23.4 Å². The van der Waals surface area contributed by atoms with Gasteiger partial charge in [0.1, 0.15) is 0 Å². The zero-order chi connectivity index (χ0) is 14.5. The van der Waals surface area contributed by atoms with E-state index in [0.717, 1.165) is 38.1 Å². The minimum atomic E-state index is -1.58. The molecule has 0 bridgehead atoms. The smallest absolute Gasteiger partial charge is 0.224 e. The van der Waals surface area contributed by atoms with Gasteiger partial charge >= 0.3 is 0 Å². The van der Waals surface area contributed by atoms with Gasteiger partial charge in [0.05, 0.1) is 5.69 Å². The molecule has 1 radical (unpaired) electrons. The largest absolute Gasteiger partial charge is 0.324 e. The van der Waals surface area contributed by atoms with Gasteiger partial charge in [-0.15, -0.1) is 0 Å². The molecule has 1 amide bonds. The Kier molecular flexibility index (Phi) is 5.00. The quantitative estimate of drug-likeness (QED) is 0.849. The van der Waals surface area contributed by atoms with Crippen molar-refractivity contribution in [2.24, 2.45) is 5.92 Å². The van der Waals surface area contributed by atoms with Crippen LogP contribution >= 0.6 is 0 Å². The molecule has 3 nitrogen and oxygen atoms in total. The highest BCUT2D eigenvalue weighted by Crippen LogP contribution is 2.21. The third-order valence-electron chi connectivity index (χ3n) is 3.40. The summed E-state index contributed by atoms with van der Waals surface area (Å²) in [6.45, 7) is 1.63. The highest BCUT2D eigenvalue weighted by Gasteiger charge is 2.17. The lowest BCUT2D eigenvalue weighted by Crippen LogP contribution is -2.25. The molecular weight excluding hydrogens is 269 g/mol. The second-order valence-corrected chi connectivity index (χ2v) is 4.95. The summed E-state index contributed by atoms with van der Waals surface area (Å²) in [5.41, 5.74) is -0.331. The molecule has 20 heavy (non-hydrogen) atoms. The molecule has 1 aliphatic heterocycles. The molecule has 1 unspecified atom stereocenters. The molecule has 1 aromatic rings. The summed E-state index contributed by atoms with van der Waals surface area (Å²) in [6, 6.07) is 1.80. The zero-order valence-electron chi connectivity index (χ0n) is 11.0. The number of carbonyl (C=O) groups excluding carboxylic acids is 1. The molecular formula is C14H16F3N2O. The van der Waals surface area contributed by atoms with Crippen molar-refractivity contribution in [3.8, 4) is 0 Å². The maximum Gasteiger partial charge on any atom is 0.224 e. The Labute approximate surface area is 115 Å².